The first kappa shape index (κ1) is 17.3. The van der Waals surface area contributed by atoms with Crippen LogP contribution in [-0.4, -0.2) is 48.8 Å². The Kier molecular flexibility index (Phi) is 4.62. The van der Waals surface area contributed by atoms with Crippen LogP contribution in [0.3, 0.4) is 0 Å². The summed E-state index contributed by atoms with van der Waals surface area (Å²) in [6.45, 7) is 9.94. The first-order valence-electron chi connectivity index (χ1n) is 8.65. The molecule has 1 aromatic carbocycles. The van der Waals surface area contributed by atoms with E-state index in [2.05, 4.69) is 0 Å². The Labute approximate surface area is 144 Å². The molecule has 2 aliphatic heterocycles. The van der Waals surface area contributed by atoms with E-state index in [1.165, 1.54) is 0 Å². The molecule has 2 fully saturated rings. The van der Waals surface area contributed by atoms with E-state index in [9.17, 15) is 4.79 Å². The van der Waals surface area contributed by atoms with Crippen LogP contribution in [0.25, 0.3) is 0 Å². The van der Waals surface area contributed by atoms with Crippen molar-refractivity contribution in [3.05, 3.63) is 24.3 Å². The summed E-state index contributed by atoms with van der Waals surface area (Å²) >= 11 is 0. The van der Waals surface area contributed by atoms with E-state index < -0.39 is 0 Å². The highest BCUT2D eigenvalue weighted by atomic mass is 16.7. The second-order valence-electron chi connectivity index (χ2n) is 7.53. The van der Waals surface area contributed by atoms with Gasteiger partial charge in [0, 0.05) is 13.1 Å². The quantitative estimate of drug-likeness (QED) is 0.792. The molecule has 0 aliphatic carbocycles. The van der Waals surface area contributed by atoms with Gasteiger partial charge in [-0.05, 0) is 58.1 Å². The van der Waals surface area contributed by atoms with Crippen LogP contribution in [0.2, 0.25) is 0 Å². The molecule has 1 aromatic rings. The topological polar surface area (TPSA) is 48.0 Å². The summed E-state index contributed by atoms with van der Waals surface area (Å²) in [6.07, 6.45) is 2.18. The molecule has 2 heterocycles. The molecule has 0 spiro atoms. The summed E-state index contributed by atoms with van der Waals surface area (Å²) in [5.41, 5.74) is 0.246. The molecule has 0 unspecified atom stereocenters. The Morgan fingerprint density at radius 3 is 2.17 bits per heavy atom. The van der Waals surface area contributed by atoms with Crippen molar-refractivity contribution in [3.8, 4) is 5.75 Å². The molecule has 5 nitrogen and oxygen atoms in total. The fourth-order valence-corrected chi connectivity index (χ4v) is 2.90. The number of hydrogen-bond acceptors (Lipinski definition) is 4. The van der Waals surface area contributed by atoms with Gasteiger partial charge in [0.1, 0.15) is 5.75 Å². The lowest BCUT2D eigenvalue weighted by Gasteiger charge is -2.32. The van der Waals surface area contributed by atoms with Gasteiger partial charge in [0.15, 0.2) is 6.61 Å². The van der Waals surface area contributed by atoms with Gasteiger partial charge in [-0.1, -0.05) is 12.1 Å². The van der Waals surface area contributed by atoms with Crippen molar-refractivity contribution in [2.75, 3.05) is 19.7 Å². The highest BCUT2D eigenvalue weighted by Gasteiger charge is 2.51. The zero-order valence-corrected chi connectivity index (χ0v) is 15.0. The summed E-state index contributed by atoms with van der Waals surface area (Å²) in [4.78, 5) is 13.9. The maximum absolute atomic E-state index is 12.0. The average molecular weight is 331 g/mol. The molecule has 1 amide bonds. The summed E-state index contributed by atoms with van der Waals surface area (Å²) in [7, 11) is -0.379. The van der Waals surface area contributed by atoms with Crippen molar-refractivity contribution in [1.29, 1.82) is 0 Å². The summed E-state index contributed by atoms with van der Waals surface area (Å²) in [5, 5.41) is 0. The molecule has 2 saturated heterocycles. The van der Waals surface area contributed by atoms with Crippen molar-refractivity contribution >= 4 is 18.5 Å². The first-order valence-corrected chi connectivity index (χ1v) is 8.65. The number of hydrogen-bond donors (Lipinski definition) is 0. The normalized spacial score (nSPS) is 22.0. The highest BCUT2D eigenvalue weighted by molar-refractivity contribution is 6.62. The predicted octanol–water partition coefficient (Wildman–Crippen LogP) is 1.99. The summed E-state index contributed by atoms with van der Waals surface area (Å²) < 4.78 is 17.7. The van der Waals surface area contributed by atoms with Crippen molar-refractivity contribution in [2.24, 2.45) is 0 Å². The fraction of sp³-hybridized carbons (Fsp3) is 0.611. The Hall–Kier alpha value is -1.53. The van der Waals surface area contributed by atoms with Crippen LogP contribution in [0.1, 0.15) is 40.5 Å². The smallest absolute Gasteiger partial charge is 0.484 e. The van der Waals surface area contributed by atoms with E-state index in [1.807, 2.05) is 56.9 Å². The lowest BCUT2D eigenvalue weighted by molar-refractivity contribution is -0.132. The maximum Gasteiger partial charge on any atom is 0.494 e. The Morgan fingerprint density at radius 1 is 1.08 bits per heavy atom. The third-order valence-electron chi connectivity index (χ3n) is 5.23. The van der Waals surface area contributed by atoms with Gasteiger partial charge in [0.05, 0.1) is 11.2 Å². The Bertz CT molecular complexity index is 578. The minimum atomic E-state index is -0.379. The maximum atomic E-state index is 12.0. The van der Waals surface area contributed by atoms with Crippen LogP contribution < -0.4 is 10.2 Å². The van der Waals surface area contributed by atoms with E-state index in [-0.39, 0.29) is 30.8 Å². The van der Waals surface area contributed by atoms with Crippen LogP contribution in [-0.2, 0) is 14.1 Å². The lowest BCUT2D eigenvalue weighted by atomic mass is 9.79. The summed E-state index contributed by atoms with van der Waals surface area (Å²) in [5.74, 6) is 0.741. The molecular formula is C18H26BNO4. The molecule has 0 saturated carbocycles. The highest BCUT2D eigenvalue weighted by Crippen LogP contribution is 2.36. The molecule has 2 aliphatic rings. The monoisotopic (exact) mass is 331 g/mol. The van der Waals surface area contributed by atoms with Crippen molar-refractivity contribution < 1.29 is 18.8 Å². The van der Waals surface area contributed by atoms with Crippen molar-refractivity contribution in [2.45, 2.75) is 51.7 Å². The zero-order valence-electron chi connectivity index (χ0n) is 15.0. The molecule has 3 rings (SSSR count). The molecule has 0 atom stereocenters. The van der Waals surface area contributed by atoms with Gasteiger partial charge in [0.25, 0.3) is 5.91 Å². The number of nitrogens with zero attached hydrogens (tertiary/aromatic N) is 1. The number of likely N-dealkylation sites (tertiary alicyclic amines) is 1. The third kappa shape index (κ3) is 3.45. The van der Waals surface area contributed by atoms with E-state index in [4.69, 9.17) is 14.0 Å². The molecular weight excluding hydrogens is 305 g/mol. The first-order chi connectivity index (χ1) is 11.3. The number of ether oxygens (including phenoxy) is 1. The van der Waals surface area contributed by atoms with Gasteiger partial charge < -0.3 is 18.9 Å². The van der Waals surface area contributed by atoms with E-state index in [0.29, 0.717) is 5.75 Å². The molecule has 0 radical (unpaired) electrons. The molecule has 0 N–H and O–H groups in total. The predicted molar refractivity (Wildman–Crippen MR) is 93.5 cm³/mol. The van der Waals surface area contributed by atoms with Gasteiger partial charge in [-0.25, -0.2) is 0 Å². The van der Waals surface area contributed by atoms with Crippen molar-refractivity contribution in [1.82, 2.24) is 4.90 Å². The molecule has 0 bridgehead atoms. The number of rotatable bonds is 4. The number of carbonyl (C=O) groups is 1. The van der Waals surface area contributed by atoms with Gasteiger partial charge >= 0.3 is 7.12 Å². The van der Waals surface area contributed by atoms with Gasteiger partial charge in [-0.15, -0.1) is 0 Å². The van der Waals surface area contributed by atoms with Gasteiger partial charge in [-0.3, -0.25) is 4.79 Å². The van der Waals surface area contributed by atoms with Crippen LogP contribution in [0.5, 0.6) is 5.75 Å². The SMILES string of the molecule is CC1(C)OB(c2ccc(OCC(=O)N3CCCC3)cc2)OC1(C)C. The standard InChI is InChI=1S/C18H26BNO4/c1-17(2)18(3,4)24-19(23-17)14-7-9-15(10-8-14)22-13-16(21)20-11-5-6-12-20/h7-10H,5-6,11-13H2,1-4H3. The summed E-state index contributed by atoms with van der Waals surface area (Å²) in [6, 6.07) is 7.57. The van der Waals surface area contributed by atoms with Crippen LogP contribution in [0.15, 0.2) is 24.3 Å². The van der Waals surface area contributed by atoms with Crippen molar-refractivity contribution in [3.63, 3.8) is 0 Å². The molecule has 6 heteroatoms. The number of carbonyl (C=O) groups excluding carboxylic acids is 1. The van der Waals surface area contributed by atoms with Crippen LogP contribution >= 0.6 is 0 Å². The largest absolute Gasteiger partial charge is 0.494 e. The molecule has 0 aromatic heterocycles. The fourth-order valence-electron chi connectivity index (χ4n) is 2.90. The van der Waals surface area contributed by atoms with Gasteiger partial charge in [-0.2, -0.15) is 0 Å². The van der Waals surface area contributed by atoms with Crippen LogP contribution in [0, 0.1) is 0 Å². The minimum absolute atomic E-state index is 0.0579. The number of benzene rings is 1. The lowest BCUT2D eigenvalue weighted by Crippen LogP contribution is -2.41. The van der Waals surface area contributed by atoms with Crippen LogP contribution in [0.4, 0.5) is 0 Å². The Morgan fingerprint density at radius 2 is 1.62 bits per heavy atom. The second-order valence-corrected chi connectivity index (χ2v) is 7.53. The molecule has 24 heavy (non-hydrogen) atoms. The van der Waals surface area contributed by atoms with E-state index in [1.54, 1.807) is 0 Å². The number of amides is 1. The van der Waals surface area contributed by atoms with E-state index >= 15 is 0 Å². The second kappa shape index (κ2) is 6.41. The molecule has 130 valence electrons. The minimum Gasteiger partial charge on any atom is -0.484 e. The zero-order chi connectivity index (χ0) is 17.4. The van der Waals surface area contributed by atoms with E-state index in [0.717, 1.165) is 31.4 Å². The van der Waals surface area contributed by atoms with Gasteiger partial charge in [0.2, 0.25) is 0 Å². The average Bonchev–Trinajstić information content (AvgIpc) is 3.12. The Balaban J connectivity index is 1.57. The third-order valence-corrected chi connectivity index (χ3v) is 5.23.